The summed E-state index contributed by atoms with van der Waals surface area (Å²) in [4.78, 5) is 9.51. The highest BCUT2D eigenvalue weighted by atomic mass is 16.4. The molecule has 0 saturated heterocycles. The fourth-order valence-electron chi connectivity index (χ4n) is 0.729. The van der Waals surface area contributed by atoms with Crippen LogP contribution < -0.4 is 5.73 Å². The summed E-state index contributed by atoms with van der Waals surface area (Å²) in [6.07, 6.45) is 2.56. The Kier molecular flexibility index (Phi) is 5.87. The summed E-state index contributed by atoms with van der Waals surface area (Å²) >= 11 is 0. The Labute approximate surface area is 83.9 Å². The zero-order valence-corrected chi connectivity index (χ0v) is 8.40. The van der Waals surface area contributed by atoms with Crippen molar-refractivity contribution in [3.05, 3.63) is 42.0 Å². The van der Waals surface area contributed by atoms with E-state index in [1.54, 1.807) is 6.92 Å². The number of aliphatic carboxylic acids is 1. The van der Waals surface area contributed by atoms with Crippen molar-refractivity contribution in [2.24, 2.45) is 0 Å². The summed E-state index contributed by atoms with van der Waals surface area (Å²) in [6.45, 7) is 3.66. The highest BCUT2D eigenvalue weighted by molar-refractivity contribution is 5.79. The van der Waals surface area contributed by atoms with Crippen LogP contribution >= 0.6 is 0 Å². The van der Waals surface area contributed by atoms with E-state index in [4.69, 9.17) is 10.8 Å². The normalized spacial score (nSPS) is 9.29. The number of para-hydroxylation sites is 1. The van der Waals surface area contributed by atoms with Crippen molar-refractivity contribution in [1.29, 1.82) is 0 Å². The van der Waals surface area contributed by atoms with Crippen molar-refractivity contribution in [3.8, 4) is 0 Å². The van der Waals surface area contributed by atoms with Gasteiger partial charge in [0.2, 0.25) is 0 Å². The molecule has 0 bridgehead atoms. The smallest absolute Gasteiger partial charge is 0.327 e. The largest absolute Gasteiger partial charge is 0.478 e. The highest BCUT2D eigenvalue weighted by Gasteiger charge is 1.84. The van der Waals surface area contributed by atoms with Crippen LogP contribution in [0.25, 0.3) is 0 Å². The Morgan fingerprint density at radius 3 is 2.21 bits per heavy atom. The molecule has 0 aliphatic heterocycles. The van der Waals surface area contributed by atoms with Crippen LogP contribution in [0.3, 0.4) is 0 Å². The molecule has 1 rings (SSSR count). The number of carboxylic acids is 1. The second kappa shape index (κ2) is 6.71. The topological polar surface area (TPSA) is 63.3 Å². The predicted molar refractivity (Wildman–Crippen MR) is 58.0 cm³/mol. The third-order valence-corrected chi connectivity index (χ3v) is 1.50. The SMILES string of the molecule is C/C=C/C(=O)O.Cc1ccccc1N. The van der Waals surface area contributed by atoms with Gasteiger partial charge in [0.25, 0.3) is 0 Å². The number of nitrogen functional groups attached to an aromatic ring is 1. The number of nitrogens with two attached hydrogens (primary N) is 1. The van der Waals surface area contributed by atoms with Gasteiger partial charge in [-0.3, -0.25) is 0 Å². The molecule has 3 N–H and O–H groups in total. The van der Waals surface area contributed by atoms with E-state index in [-0.39, 0.29) is 0 Å². The molecular weight excluding hydrogens is 178 g/mol. The zero-order chi connectivity index (χ0) is 11.0. The third kappa shape index (κ3) is 5.83. The summed E-state index contributed by atoms with van der Waals surface area (Å²) < 4.78 is 0. The molecular formula is C11H15NO2. The number of carbonyl (C=O) groups is 1. The van der Waals surface area contributed by atoms with Gasteiger partial charge in [0, 0.05) is 11.8 Å². The average molecular weight is 193 g/mol. The van der Waals surface area contributed by atoms with Crippen molar-refractivity contribution in [2.75, 3.05) is 5.73 Å². The van der Waals surface area contributed by atoms with Gasteiger partial charge in [-0.15, -0.1) is 0 Å². The number of carboxylic acid groups (broad SMARTS) is 1. The molecule has 0 aliphatic carbocycles. The van der Waals surface area contributed by atoms with E-state index >= 15 is 0 Å². The highest BCUT2D eigenvalue weighted by Crippen LogP contribution is 2.06. The Hall–Kier alpha value is -1.77. The van der Waals surface area contributed by atoms with Crippen molar-refractivity contribution < 1.29 is 9.90 Å². The predicted octanol–water partition coefficient (Wildman–Crippen LogP) is 2.22. The Morgan fingerprint density at radius 1 is 1.43 bits per heavy atom. The lowest BCUT2D eigenvalue weighted by Gasteiger charge is -1.93. The van der Waals surface area contributed by atoms with Crippen LogP contribution in [0, 0.1) is 6.92 Å². The molecule has 0 heterocycles. The fourth-order valence-corrected chi connectivity index (χ4v) is 0.729. The first-order valence-electron chi connectivity index (χ1n) is 4.24. The molecule has 0 spiro atoms. The minimum atomic E-state index is -0.891. The quantitative estimate of drug-likeness (QED) is 0.531. The van der Waals surface area contributed by atoms with Gasteiger partial charge < -0.3 is 10.8 Å². The van der Waals surface area contributed by atoms with Crippen molar-refractivity contribution in [2.45, 2.75) is 13.8 Å². The number of rotatable bonds is 1. The molecule has 3 nitrogen and oxygen atoms in total. The zero-order valence-electron chi connectivity index (χ0n) is 8.40. The van der Waals surface area contributed by atoms with E-state index in [0.29, 0.717) is 0 Å². The number of anilines is 1. The molecule has 3 heteroatoms. The molecule has 76 valence electrons. The van der Waals surface area contributed by atoms with Gasteiger partial charge in [0.05, 0.1) is 0 Å². The van der Waals surface area contributed by atoms with E-state index in [1.165, 1.54) is 6.08 Å². The van der Waals surface area contributed by atoms with Gasteiger partial charge in [0.1, 0.15) is 0 Å². The van der Waals surface area contributed by atoms with Crippen LogP contribution in [-0.4, -0.2) is 11.1 Å². The molecule has 0 fully saturated rings. The second-order valence-corrected chi connectivity index (χ2v) is 2.69. The van der Waals surface area contributed by atoms with Crippen LogP contribution in [-0.2, 0) is 4.79 Å². The molecule has 1 aromatic carbocycles. The van der Waals surface area contributed by atoms with Crippen LogP contribution in [0.15, 0.2) is 36.4 Å². The summed E-state index contributed by atoms with van der Waals surface area (Å²) in [6, 6.07) is 7.80. The van der Waals surface area contributed by atoms with E-state index in [0.717, 1.165) is 17.3 Å². The van der Waals surface area contributed by atoms with Crippen LogP contribution in [0.1, 0.15) is 12.5 Å². The van der Waals surface area contributed by atoms with Crippen molar-refractivity contribution >= 4 is 11.7 Å². The Morgan fingerprint density at radius 2 is 2.00 bits per heavy atom. The number of benzene rings is 1. The first kappa shape index (κ1) is 12.2. The number of hydrogen-bond acceptors (Lipinski definition) is 2. The third-order valence-electron chi connectivity index (χ3n) is 1.50. The monoisotopic (exact) mass is 193 g/mol. The van der Waals surface area contributed by atoms with Gasteiger partial charge in [-0.05, 0) is 25.5 Å². The Bertz CT molecular complexity index is 298. The maximum Gasteiger partial charge on any atom is 0.327 e. The minimum Gasteiger partial charge on any atom is -0.478 e. The van der Waals surface area contributed by atoms with E-state index < -0.39 is 5.97 Å². The Balaban J connectivity index is 0.000000255. The minimum absolute atomic E-state index is 0.868. The van der Waals surface area contributed by atoms with Crippen LogP contribution in [0.4, 0.5) is 5.69 Å². The maximum absolute atomic E-state index is 9.51. The lowest BCUT2D eigenvalue weighted by molar-refractivity contribution is -0.131. The molecule has 0 amide bonds. The first-order valence-corrected chi connectivity index (χ1v) is 4.24. The van der Waals surface area contributed by atoms with Gasteiger partial charge >= 0.3 is 5.97 Å². The molecule has 0 atom stereocenters. The summed E-state index contributed by atoms with van der Waals surface area (Å²) in [5, 5.41) is 7.83. The first-order chi connectivity index (χ1) is 6.57. The summed E-state index contributed by atoms with van der Waals surface area (Å²) in [5.41, 5.74) is 7.53. The van der Waals surface area contributed by atoms with Crippen molar-refractivity contribution in [1.82, 2.24) is 0 Å². The van der Waals surface area contributed by atoms with Crippen LogP contribution in [0.2, 0.25) is 0 Å². The second-order valence-electron chi connectivity index (χ2n) is 2.69. The molecule has 14 heavy (non-hydrogen) atoms. The van der Waals surface area contributed by atoms with Gasteiger partial charge in [-0.1, -0.05) is 24.3 Å². The number of aryl methyl sites for hydroxylation is 1. The molecule has 1 aromatic rings. The standard InChI is InChI=1S/C7H9N.C4H6O2/c1-6-4-2-3-5-7(6)8;1-2-3-4(5)6/h2-5H,8H2,1H3;2-3H,1H3,(H,5,6)/b;3-2+. The summed E-state index contributed by atoms with van der Waals surface area (Å²) in [5.74, 6) is -0.891. The lowest BCUT2D eigenvalue weighted by Crippen LogP contribution is -1.85. The van der Waals surface area contributed by atoms with E-state index in [1.807, 2.05) is 31.2 Å². The van der Waals surface area contributed by atoms with Gasteiger partial charge in [-0.2, -0.15) is 0 Å². The number of allylic oxidation sites excluding steroid dienone is 1. The van der Waals surface area contributed by atoms with Crippen molar-refractivity contribution in [3.63, 3.8) is 0 Å². The molecule has 0 saturated carbocycles. The van der Waals surface area contributed by atoms with Gasteiger partial charge in [0.15, 0.2) is 0 Å². The molecule has 0 radical (unpaired) electrons. The lowest BCUT2D eigenvalue weighted by atomic mass is 10.2. The van der Waals surface area contributed by atoms with E-state index in [9.17, 15) is 4.79 Å². The summed E-state index contributed by atoms with van der Waals surface area (Å²) in [7, 11) is 0. The number of hydrogen-bond donors (Lipinski definition) is 2. The van der Waals surface area contributed by atoms with E-state index in [2.05, 4.69) is 0 Å². The fraction of sp³-hybridized carbons (Fsp3) is 0.182. The maximum atomic E-state index is 9.51. The molecule has 0 aliphatic rings. The van der Waals surface area contributed by atoms with Gasteiger partial charge in [-0.25, -0.2) is 4.79 Å². The molecule has 0 aromatic heterocycles. The van der Waals surface area contributed by atoms with Crippen LogP contribution in [0.5, 0.6) is 0 Å². The molecule has 0 unspecified atom stereocenters. The average Bonchev–Trinajstić information content (AvgIpc) is 2.11.